The van der Waals surface area contributed by atoms with Gasteiger partial charge in [0, 0.05) is 32.3 Å². The summed E-state index contributed by atoms with van der Waals surface area (Å²) in [4.78, 5) is 46.5. The molecule has 0 aromatic carbocycles. The van der Waals surface area contributed by atoms with Crippen molar-refractivity contribution in [3.63, 3.8) is 0 Å². The maximum atomic E-state index is 13.6. The lowest BCUT2D eigenvalue weighted by molar-refractivity contribution is -0.137. The number of carbonyl (C=O) groups excluding carboxylic acids is 1. The van der Waals surface area contributed by atoms with Crippen molar-refractivity contribution in [2.45, 2.75) is 77.6 Å². The molecule has 0 unspecified atom stereocenters. The lowest BCUT2D eigenvalue weighted by Gasteiger charge is -2.19. The number of amides is 1. The van der Waals surface area contributed by atoms with Crippen molar-refractivity contribution in [3.05, 3.63) is 44.7 Å². The highest BCUT2D eigenvalue weighted by Gasteiger charge is 2.32. The van der Waals surface area contributed by atoms with Crippen LogP contribution in [-0.4, -0.2) is 55.2 Å². The Balaban J connectivity index is 1.38. The molecule has 1 N–H and O–H groups in total. The first-order valence-corrected chi connectivity index (χ1v) is 14.8. The summed E-state index contributed by atoms with van der Waals surface area (Å²) in [5.41, 5.74) is 1.84. The van der Waals surface area contributed by atoms with E-state index in [0.29, 0.717) is 32.8 Å². The van der Waals surface area contributed by atoms with Gasteiger partial charge in [-0.25, -0.2) is 4.98 Å². The van der Waals surface area contributed by atoms with Gasteiger partial charge in [0.2, 0.25) is 0 Å². The average molecular weight is 557 g/mol. The van der Waals surface area contributed by atoms with Crippen LogP contribution >= 0.6 is 24.0 Å². The van der Waals surface area contributed by atoms with Crippen LogP contribution in [0.4, 0.5) is 5.82 Å². The van der Waals surface area contributed by atoms with E-state index >= 15 is 0 Å². The number of rotatable bonds is 13. The second kappa shape index (κ2) is 13.4. The Morgan fingerprint density at radius 3 is 2.39 bits per heavy atom. The van der Waals surface area contributed by atoms with Crippen molar-refractivity contribution in [1.82, 2.24) is 14.3 Å². The van der Waals surface area contributed by atoms with Gasteiger partial charge in [0.05, 0.1) is 10.5 Å². The predicted molar refractivity (Wildman–Crippen MR) is 157 cm³/mol. The lowest BCUT2D eigenvalue weighted by Crippen LogP contribution is -2.29. The number of pyridine rings is 1. The SMILES string of the molecule is Cc1ccc2nc(N3CCCC3)c(/C=C3/SC(=S)N(CCCCCCCCCCC(=O)O)C3=O)c(=O)n2c1. The molecule has 2 aromatic rings. The monoisotopic (exact) mass is 556 g/mol. The van der Waals surface area contributed by atoms with Crippen LogP contribution in [-0.2, 0) is 9.59 Å². The Morgan fingerprint density at radius 2 is 1.71 bits per heavy atom. The van der Waals surface area contributed by atoms with E-state index in [1.807, 2.05) is 19.1 Å². The first-order chi connectivity index (χ1) is 18.3. The smallest absolute Gasteiger partial charge is 0.303 e. The van der Waals surface area contributed by atoms with Crippen molar-refractivity contribution in [1.29, 1.82) is 0 Å². The van der Waals surface area contributed by atoms with Gasteiger partial charge >= 0.3 is 5.97 Å². The molecule has 0 bridgehead atoms. The normalized spacial score (nSPS) is 16.9. The number of aromatic nitrogens is 2. The maximum Gasteiger partial charge on any atom is 0.303 e. The van der Waals surface area contributed by atoms with Crippen molar-refractivity contribution in [2.75, 3.05) is 24.5 Å². The summed E-state index contributed by atoms with van der Waals surface area (Å²) in [7, 11) is 0. The molecule has 10 heteroatoms. The van der Waals surface area contributed by atoms with Crippen molar-refractivity contribution < 1.29 is 14.7 Å². The van der Waals surface area contributed by atoms with Gasteiger partial charge in [-0.15, -0.1) is 0 Å². The third-order valence-electron chi connectivity index (χ3n) is 7.06. The molecular weight excluding hydrogens is 520 g/mol. The minimum atomic E-state index is -0.723. The van der Waals surface area contributed by atoms with Crippen LogP contribution in [0.3, 0.4) is 0 Å². The standard InChI is InChI=1S/C28H36N4O4S2/c1-20-13-14-23-29-25(30-15-10-11-16-30)21(26(35)32(23)19-20)18-22-27(36)31(28(37)38-22)17-9-7-5-3-2-4-6-8-12-24(33)34/h13-14,18-19H,2-12,15-17H2,1H3,(H,33,34)/b22-18+. The number of carboxylic acids is 1. The van der Waals surface area contributed by atoms with Gasteiger partial charge in [0.15, 0.2) is 0 Å². The van der Waals surface area contributed by atoms with Crippen LogP contribution in [0.15, 0.2) is 28.0 Å². The topological polar surface area (TPSA) is 95.2 Å². The minimum Gasteiger partial charge on any atom is -0.481 e. The number of carbonyl (C=O) groups is 2. The van der Waals surface area contributed by atoms with Crippen LogP contribution in [0, 0.1) is 6.92 Å². The summed E-state index contributed by atoms with van der Waals surface area (Å²) in [6.45, 7) is 4.21. The molecule has 1 amide bonds. The van der Waals surface area contributed by atoms with Crippen LogP contribution in [0.25, 0.3) is 11.7 Å². The predicted octanol–water partition coefficient (Wildman–Crippen LogP) is 5.40. The zero-order chi connectivity index (χ0) is 27.1. The Kier molecular flexibility index (Phi) is 9.96. The summed E-state index contributed by atoms with van der Waals surface area (Å²) >= 11 is 6.79. The Hall–Kier alpha value is -2.72. The highest BCUT2D eigenvalue weighted by Crippen LogP contribution is 2.34. The van der Waals surface area contributed by atoms with Crippen LogP contribution in [0.5, 0.6) is 0 Å². The summed E-state index contributed by atoms with van der Waals surface area (Å²) in [6, 6.07) is 3.81. The fourth-order valence-corrected chi connectivity index (χ4v) is 6.26. The number of hydrogen-bond donors (Lipinski definition) is 1. The van der Waals surface area contributed by atoms with E-state index in [1.165, 1.54) is 11.8 Å². The molecule has 0 saturated carbocycles. The molecule has 0 atom stereocenters. The summed E-state index contributed by atoms with van der Waals surface area (Å²) in [6.07, 6.45) is 13.8. The van der Waals surface area contributed by atoms with Crippen LogP contribution in [0.2, 0.25) is 0 Å². The molecule has 8 nitrogen and oxygen atoms in total. The highest BCUT2D eigenvalue weighted by atomic mass is 32.2. The van der Waals surface area contributed by atoms with Gasteiger partial charge in [-0.1, -0.05) is 68.6 Å². The molecule has 0 radical (unpaired) electrons. The number of thiocarbonyl (C=S) groups is 1. The van der Waals surface area contributed by atoms with E-state index in [1.54, 1.807) is 21.6 Å². The lowest BCUT2D eigenvalue weighted by atomic mass is 10.1. The summed E-state index contributed by atoms with van der Waals surface area (Å²) < 4.78 is 2.10. The van der Waals surface area contributed by atoms with E-state index in [0.717, 1.165) is 82.9 Å². The second-order valence-electron chi connectivity index (χ2n) is 10.1. The molecule has 0 aliphatic carbocycles. The second-order valence-corrected chi connectivity index (χ2v) is 11.8. The molecule has 2 fully saturated rings. The number of fused-ring (bicyclic) bond motifs is 1. The Labute approximate surface area is 233 Å². The van der Waals surface area contributed by atoms with Gasteiger partial charge in [-0.3, -0.25) is 23.7 Å². The fraction of sp³-hybridized carbons (Fsp3) is 0.536. The number of hydrogen-bond acceptors (Lipinski definition) is 7. The van der Waals surface area contributed by atoms with Gasteiger partial charge < -0.3 is 10.0 Å². The zero-order valence-electron chi connectivity index (χ0n) is 22.0. The van der Waals surface area contributed by atoms with Crippen molar-refractivity contribution >= 4 is 57.7 Å². The number of anilines is 1. The zero-order valence-corrected chi connectivity index (χ0v) is 23.6. The molecule has 38 heavy (non-hydrogen) atoms. The van der Waals surface area contributed by atoms with Gasteiger partial charge in [0.25, 0.3) is 11.5 Å². The molecule has 4 heterocycles. The first kappa shape index (κ1) is 28.3. The summed E-state index contributed by atoms with van der Waals surface area (Å²) in [5, 5.41) is 8.69. The molecule has 2 aliphatic heterocycles. The van der Waals surface area contributed by atoms with Gasteiger partial charge in [0.1, 0.15) is 15.8 Å². The third kappa shape index (κ3) is 7.02. The first-order valence-electron chi connectivity index (χ1n) is 13.6. The quantitative estimate of drug-likeness (QED) is 0.199. The minimum absolute atomic E-state index is 0.139. The number of carboxylic acid groups (broad SMARTS) is 1. The van der Waals surface area contributed by atoms with Gasteiger partial charge in [-0.2, -0.15) is 0 Å². The molecule has 0 spiro atoms. The van der Waals surface area contributed by atoms with E-state index in [9.17, 15) is 14.4 Å². The van der Waals surface area contributed by atoms with E-state index in [-0.39, 0.29) is 17.9 Å². The van der Waals surface area contributed by atoms with Crippen LogP contribution in [0.1, 0.15) is 81.8 Å². The average Bonchev–Trinajstić information content (AvgIpc) is 3.51. The third-order valence-corrected chi connectivity index (χ3v) is 8.44. The van der Waals surface area contributed by atoms with Gasteiger partial charge in [-0.05, 0) is 50.3 Å². The number of unbranched alkanes of at least 4 members (excludes halogenated alkanes) is 7. The number of aliphatic carboxylic acids is 1. The van der Waals surface area contributed by atoms with Crippen LogP contribution < -0.4 is 10.5 Å². The Bertz CT molecular complexity index is 1280. The fourth-order valence-electron chi connectivity index (χ4n) is 4.97. The molecule has 204 valence electrons. The van der Waals surface area contributed by atoms with E-state index < -0.39 is 5.97 Å². The molecule has 2 aliphatic rings. The number of nitrogens with zero attached hydrogens (tertiary/aromatic N) is 4. The maximum absolute atomic E-state index is 13.6. The number of aryl methyl sites for hydroxylation is 1. The Morgan fingerprint density at radius 1 is 1.05 bits per heavy atom. The summed E-state index contributed by atoms with van der Waals surface area (Å²) in [5.74, 6) is -0.219. The number of thioether (sulfide) groups is 1. The highest BCUT2D eigenvalue weighted by molar-refractivity contribution is 8.26. The molecular formula is C28H36N4O4S2. The van der Waals surface area contributed by atoms with Crippen molar-refractivity contribution in [2.24, 2.45) is 0 Å². The molecule has 2 saturated heterocycles. The van der Waals surface area contributed by atoms with E-state index in [2.05, 4.69) is 4.90 Å². The largest absolute Gasteiger partial charge is 0.481 e. The molecule has 2 aromatic heterocycles. The molecule has 4 rings (SSSR count). The van der Waals surface area contributed by atoms with Crippen molar-refractivity contribution in [3.8, 4) is 0 Å². The van der Waals surface area contributed by atoms with E-state index in [4.69, 9.17) is 22.3 Å².